The zero-order valence-electron chi connectivity index (χ0n) is 11.7. The van der Waals surface area contributed by atoms with E-state index in [1.165, 1.54) is 0 Å². The summed E-state index contributed by atoms with van der Waals surface area (Å²) >= 11 is 0. The lowest BCUT2D eigenvalue weighted by molar-refractivity contribution is -0.138. The minimum atomic E-state index is -0.892. The molecule has 110 valence electrons. The van der Waals surface area contributed by atoms with Crippen LogP contribution < -0.4 is 5.32 Å². The maximum atomic E-state index is 11.9. The molecule has 0 saturated carbocycles. The number of rotatable bonds is 6. The highest BCUT2D eigenvalue weighted by Gasteiger charge is 2.14. The Morgan fingerprint density at radius 2 is 2.10 bits per heavy atom. The van der Waals surface area contributed by atoms with E-state index >= 15 is 0 Å². The molecule has 2 rings (SSSR count). The van der Waals surface area contributed by atoms with Crippen LogP contribution in [0.5, 0.6) is 0 Å². The normalized spacial score (nSPS) is 11.9. The third kappa shape index (κ3) is 4.21. The Balaban J connectivity index is 1.94. The SMILES string of the molecule is CC(C(=O)O)c1cccc(NC(=O)CCc2ccco2)c1. The number of aryl methyl sites for hydroxylation is 1. The Kier molecular flexibility index (Phi) is 4.77. The molecule has 21 heavy (non-hydrogen) atoms. The van der Waals surface area contributed by atoms with Gasteiger partial charge >= 0.3 is 5.97 Å². The molecule has 1 amide bonds. The van der Waals surface area contributed by atoms with Crippen molar-refractivity contribution in [3.63, 3.8) is 0 Å². The molecule has 0 bridgehead atoms. The van der Waals surface area contributed by atoms with Gasteiger partial charge in [0.25, 0.3) is 0 Å². The third-order valence-electron chi connectivity index (χ3n) is 3.22. The summed E-state index contributed by atoms with van der Waals surface area (Å²) in [7, 11) is 0. The number of carbonyl (C=O) groups excluding carboxylic acids is 1. The first-order valence-corrected chi connectivity index (χ1v) is 6.71. The van der Waals surface area contributed by atoms with E-state index in [1.807, 2.05) is 6.07 Å². The van der Waals surface area contributed by atoms with E-state index in [-0.39, 0.29) is 5.91 Å². The van der Waals surface area contributed by atoms with Crippen molar-refractivity contribution >= 4 is 17.6 Å². The molecule has 0 saturated heterocycles. The van der Waals surface area contributed by atoms with Gasteiger partial charge in [-0.15, -0.1) is 0 Å². The van der Waals surface area contributed by atoms with Gasteiger partial charge in [0.05, 0.1) is 12.2 Å². The Morgan fingerprint density at radius 1 is 1.29 bits per heavy atom. The maximum absolute atomic E-state index is 11.9. The highest BCUT2D eigenvalue weighted by molar-refractivity contribution is 5.91. The molecule has 1 aromatic heterocycles. The topological polar surface area (TPSA) is 79.5 Å². The van der Waals surface area contributed by atoms with Crippen LogP contribution in [0.4, 0.5) is 5.69 Å². The van der Waals surface area contributed by atoms with Gasteiger partial charge in [-0.25, -0.2) is 0 Å². The Bertz CT molecular complexity index is 619. The zero-order chi connectivity index (χ0) is 15.2. The summed E-state index contributed by atoms with van der Waals surface area (Å²) in [6, 6.07) is 10.5. The van der Waals surface area contributed by atoms with E-state index in [0.717, 1.165) is 5.76 Å². The van der Waals surface area contributed by atoms with Crippen LogP contribution in [0.2, 0.25) is 0 Å². The van der Waals surface area contributed by atoms with E-state index in [2.05, 4.69) is 5.32 Å². The van der Waals surface area contributed by atoms with Gasteiger partial charge in [-0.3, -0.25) is 9.59 Å². The number of furan rings is 1. The molecule has 1 heterocycles. The Hall–Kier alpha value is -2.56. The van der Waals surface area contributed by atoms with Crippen molar-refractivity contribution in [2.24, 2.45) is 0 Å². The molecule has 0 aliphatic heterocycles. The standard InChI is InChI=1S/C16H17NO4/c1-11(16(19)20)12-4-2-5-13(10-12)17-15(18)8-7-14-6-3-9-21-14/h2-6,9-11H,7-8H2,1H3,(H,17,18)(H,19,20). The highest BCUT2D eigenvalue weighted by atomic mass is 16.4. The lowest BCUT2D eigenvalue weighted by atomic mass is 10.0. The number of anilines is 1. The van der Waals surface area contributed by atoms with Crippen LogP contribution in [0.25, 0.3) is 0 Å². The van der Waals surface area contributed by atoms with Gasteiger partial charge in [-0.05, 0) is 36.8 Å². The Morgan fingerprint density at radius 3 is 2.76 bits per heavy atom. The summed E-state index contributed by atoms with van der Waals surface area (Å²) in [4.78, 5) is 22.8. The highest BCUT2D eigenvalue weighted by Crippen LogP contribution is 2.19. The lowest BCUT2D eigenvalue weighted by Gasteiger charge is -2.10. The summed E-state index contributed by atoms with van der Waals surface area (Å²) in [5, 5.41) is 11.8. The number of carboxylic acids is 1. The number of aliphatic carboxylic acids is 1. The fraction of sp³-hybridized carbons (Fsp3) is 0.250. The first kappa shape index (κ1) is 14.8. The molecule has 1 aromatic carbocycles. The third-order valence-corrected chi connectivity index (χ3v) is 3.22. The summed E-state index contributed by atoms with van der Waals surface area (Å²) in [5.74, 6) is -0.869. The van der Waals surface area contributed by atoms with Crippen molar-refractivity contribution in [2.75, 3.05) is 5.32 Å². The second kappa shape index (κ2) is 6.74. The monoisotopic (exact) mass is 287 g/mol. The number of carbonyl (C=O) groups is 2. The first-order chi connectivity index (χ1) is 10.1. The van der Waals surface area contributed by atoms with Crippen LogP contribution in [0.15, 0.2) is 47.1 Å². The molecular weight excluding hydrogens is 270 g/mol. The van der Waals surface area contributed by atoms with Gasteiger partial charge in [0.15, 0.2) is 0 Å². The predicted octanol–water partition coefficient (Wildman–Crippen LogP) is 3.04. The minimum absolute atomic E-state index is 0.133. The molecule has 1 unspecified atom stereocenters. The van der Waals surface area contributed by atoms with Crippen molar-refractivity contribution in [3.05, 3.63) is 54.0 Å². The number of amides is 1. The molecule has 1 atom stereocenters. The fourth-order valence-electron chi connectivity index (χ4n) is 1.94. The van der Waals surface area contributed by atoms with E-state index in [9.17, 15) is 9.59 Å². The van der Waals surface area contributed by atoms with E-state index in [0.29, 0.717) is 24.1 Å². The second-order valence-electron chi connectivity index (χ2n) is 4.81. The molecule has 0 fully saturated rings. The van der Waals surface area contributed by atoms with E-state index in [4.69, 9.17) is 9.52 Å². The van der Waals surface area contributed by atoms with E-state index in [1.54, 1.807) is 43.5 Å². The molecule has 2 N–H and O–H groups in total. The van der Waals surface area contributed by atoms with Crippen LogP contribution >= 0.6 is 0 Å². The average molecular weight is 287 g/mol. The number of benzene rings is 1. The van der Waals surface area contributed by atoms with Crippen LogP contribution in [-0.2, 0) is 16.0 Å². The summed E-state index contributed by atoms with van der Waals surface area (Å²) in [6.45, 7) is 1.61. The van der Waals surface area contributed by atoms with Crippen molar-refractivity contribution in [1.29, 1.82) is 0 Å². The smallest absolute Gasteiger partial charge is 0.310 e. The van der Waals surface area contributed by atoms with Gasteiger partial charge in [0.1, 0.15) is 5.76 Å². The molecule has 0 aliphatic rings. The number of hydrogen-bond donors (Lipinski definition) is 2. The van der Waals surface area contributed by atoms with Gasteiger partial charge in [-0.2, -0.15) is 0 Å². The quantitative estimate of drug-likeness (QED) is 0.855. The summed E-state index contributed by atoms with van der Waals surface area (Å²) in [6.07, 6.45) is 2.42. The predicted molar refractivity (Wildman–Crippen MR) is 78.2 cm³/mol. The molecule has 5 heteroatoms. The zero-order valence-corrected chi connectivity index (χ0v) is 11.7. The minimum Gasteiger partial charge on any atom is -0.481 e. The maximum Gasteiger partial charge on any atom is 0.310 e. The van der Waals surface area contributed by atoms with Crippen LogP contribution in [0.3, 0.4) is 0 Å². The van der Waals surface area contributed by atoms with Crippen LogP contribution in [-0.4, -0.2) is 17.0 Å². The summed E-state index contributed by atoms with van der Waals surface area (Å²) in [5.41, 5.74) is 1.26. The van der Waals surface area contributed by atoms with Gasteiger partial charge in [0, 0.05) is 18.5 Å². The fourth-order valence-corrected chi connectivity index (χ4v) is 1.94. The summed E-state index contributed by atoms with van der Waals surface area (Å²) < 4.78 is 5.17. The van der Waals surface area contributed by atoms with Crippen LogP contribution in [0, 0.1) is 0 Å². The van der Waals surface area contributed by atoms with Crippen molar-refractivity contribution in [3.8, 4) is 0 Å². The number of hydrogen-bond acceptors (Lipinski definition) is 3. The van der Waals surface area contributed by atoms with Crippen LogP contribution in [0.1, 0.15) is 30.6 Å². The molecular formula is C16H17NO4. The van der Waals surface area contributed by atoms with Crippen molar-refractivity contribution in [2.45, 2.75) is 25.7 Å². The molecule has 0 aliphatic carbocycles. The second-order valence-corrected chi connectivity index (χ2v) is 4.81. The van der Waals surface area contributed by atoms with Crippen molar-refractivity contribution in [1.82, 2.24) is 0 Å². The van der Waals surface area contributed by atoms with Gasteiger partial charge < -0.3 is 14.8 Å². The van der Waals surface area contributed by atoms with Gasteiger partial charge in [-0.1, -0.05) is 12.1 Å². The number of nitrogens with one attached hydrogen (secondary N) is 1. The molecule has 5 nitrogen and oxygen atoms in total. The molecule has 0 radical (unpaired) electrons. The number of carboxylic acid groups (broad SMARTS) is 1. The molecule has 0 spiro atoms. The van der Waals surface area contributed by atoms with Gasteiger partial charge in [0.2, 0.25) is 5.91 Å². The van der Waals surface area contributed by atoms with E-state index < -0.39 is 11.9 Å². The largest absolute Gasteiger partial charge is 0.481 e. The van der Waals surface area contributed by atoms with Crippen molar-refractivity contribution < 1.29 is 19.1 Å². The lowest BCUT2D eigenvalue weighted by Crippen LogP contribution is -2.13. The first-order valence-electron chi connectivity index (χ1n) is 6.71. The molecule has 2 aromatic rings. The average Bonchev–Trinajstić information content (AvgIpc) is 2.98. The Labute approximate surface area is 122 Å².